The zero-order chi connectivity index (χ0) is 25.9. The van der Waals surface area contributed by atoms with Crippen molar-refractivity contribution in [1.29, 1.82) is 0 Å². The molecule has 0 heterocycles. The fourth-order valence-corrected chi connectivity index (χ4v) is 11.2. The molecule has 35 heavy (non-hydrogen) atoms. The smallest absolute Gasteiger partial charge is 0.258 e. The van der Waals surface area contributed by atoms with Gasteiger partial charge in [-0.15, -0.1) is 0 Å². The SMILES string of the molecule is COCOc1ccc(C(O)c2c(C)cc(O[Si](C(C)C)(C(C)C)C(C)C)cc2C)c2ccccc12. The van der Waals surface area contributed by atoms with E-state index in [1.807, 2.05) is 36.4 Å². The number of aryl methyl sites for hydroxylation is 2. The Morgan fingerprint density at radius 1 is 0.800 bits per heavy atom. The summed E-state index contributed by atoms with van der Waals surface area (Å²) in [4.78, 5) is 0. The van der Waals surface area contributed by atoms with Gasteiger partial charge in [-0.05, 0) is 76.3 Å². The number of fused-ring (bicyclic) bond motifs is 1. The standard InChI is InChI=1S/C30H42O4Si/c1-19(2)35(20(3)4,21(5)6)34-24-16-22(7)29(23(8)17-24)30(31)27-14-15-28(33-18-32-9)26-13-11-10-12-25(26)27/h10-17,19-21,30-31H,18H2,1-9H3. The Morgan fingerprint density at radius 2 is 1.34 bits per heavy atom. The minimum absolute atomic E-state index is 0.180. The Bertz CT molecular complexity index is 1110. The molecule has 0 bridgehead atoms. The molecule has 0 spiro atoms. The van der Waals surface area contributed by atoms with E-state index in [2.05, 4.69) is 67.5 Å². The maximum absolute atomic E-state index is 11.6. The normalized spacial score (nSPS) is 13.2. The number of aliphatic hydroxyl groups is 1. The molecule has 5 heteroatoms. The fraction of sp³-hybridized carbons (Fsp3) is 0.467. The van der Waals surface area contributed by atoms with Crippen LogP contribution in [0.2, 0.25) is 16.6 Å². The van der Waals surface area contributed by atoms with E-state index in [4.69, 9.17) is 13.9 Å². The van der Waals surface area contributed by atoms with Crippen molar-refractivity contribution in [2.45, 2.75) is 78.1 Å². The molecule has 0 aromatic heterocycles. The quantitative estimate of drug-likeness (QED) is 0.229. The van der Waals surface area contributed by atoms with Gasteiger partial charge in [0.15, 0.2) is 6.79 Å². The summed E-state index contributed by atoms with van der Waals surface area (Å²) >= 11 is 0. The van der Waals surface area contributed by atoms with Crippen LogP contribution in [0.5, 0.6) is 11.5 Å². The van der Waals surface area contributed by atoms with Gasteiger partial charge in [0, 0.05) is 12.5 Å². The minimum atomic E-state index is -2.06. The Morgan fingerprint density at radius 3 is 1.86 bits per heavy atom. The molecule has 0 aliphatic rings. The molecular formula is C30H42O4Si. The maximum atomic E-state index is 11.6. The molecule has 3 aromatic carbocycles. The van der Waals surface area contributed by atoms with Gasteiger partial charge < -0.3 is 19.0 Å². The predicted molar refractivity (Wildman–Crippen MR) is 148 cm³/mol. The van der Waals surface area contributed by atoms with Gasteiger partial charge >= 0.3 is 0 Å². The van der Waals surface area contributed by atoms with E-state index in [0.29, 0.717) is 16.6 Å². The average molecular weight is 495 g/mol. The molecule has 0 saturated heterocycles. The maximum Gasteiger partial charge on any atom is 0.258 e. The highest BCUT2D eigenvalue weighted by molar-refractivity contribution is 6.78. The number of benzene rings is 3. The highest BCUT2D eigenvalue weighted by Gasteiger charge is 2.47. The largest absolute Gasteiger partial charge is 0.543 e. The molecule has 4 nitrogen and oxygen atoms in total. The van der Waals surface area contributed by atoms with Crippen LogP contribution < -0.4 is 9.16 Å². The average Bonchev–Trinajstić information content (AvgIpc) is 2.79. The number of ether oxygens (including phenoxy) is 2. The van der Waals surface area contributed by atoms with E-state index in [-0.39, 0.29) is 6.79 Å². The predicted octanol–water partition coefficient (Wildman–Crippen LogP) is 8.08. The number of aliphatic hydroxyl groups excluding tert-OH is 1. The molecule has 3 rings (SSSR count). The van der Waals surface area contributed by atoms with Crippen LogP contribution in [-0.4, -0.2) is 27.3 Å². The van der Waals surface area contributed by atoms with Gasteiger partial charge in [-0.2, -0.15) is 0 Å². The van der Waals surface area contributed by atoms with Crippen LogP contribution in [-0.2, 0) is 4.74 Å². The molecule has 0 aliphatic carbocycles. The molecule has 1 N–H and O–H groups in total. The van der Waals surface area contributed by atoms with Gasteiger partial charge in [-0.25, -0.2) is 0 Å². The van der Waals surface area contributed by atoms with Crippen LogP contribution in [0.4, 0.5) is 0 Å². The lowest BCUT2D eigenvalue weighted by molar-refractivity contribution is 0.0522. The molecule has 3 aromatic rings. The molecule has 0 amide bonds. The first-order valence-electron chi connectivity index (χ1n) is 12.7. The summed E-state index contributed by atoms with van der Waals surface area (Å²) in [5.74, 6) is 1.67. The lowest BCUT2D eigenvalue weighted by atomic mass is 9.90. The van der Waals surface area contributed by atoms with Crippen LogP contribution in [0.15, 0.2) is 48.5 Å². The molecular weight excluding hydrogens is 452 g/mol. The molecule has 0 aliphatic heterocycles. The summed E-state index contributed by atoms with van der Waals surface area (Å²) in [6, 6.07) is 16.1. The highest BCUT2D eigenvalue weighted by atomic mass is 28.4. The zero-order valence-corrected chi connectivity index (χ0v) is 23.8. The lowest BCUT2D eigenvalue weighted by Crippen LogP contribution is -2.50. The lowest BCUT2D eigenvalue weighted by Gasteiger charge is -2.42. The summed E-state index contributed by atoms with van der Waals surface area (Å²) in [6.07, 6.45) is -0.757. The number of hydrogen-bond acceptors (Lipinski definition) is 4. The van der Waals surface area contributed by atoms with Crippen molar-refractivity contribution in [3.05, 3.63) is 70.8 Å². The van der Waals surface area contributed by atoms with Crippen LogP contribution in [0.25, 0.3) is 10.8 Å². The Hall–Kier alpha value is -2.34. The summed E-state index contributed by atoms with van der Waals surface area (Å²) in [7, 11) is -0.457. The molecule has 0 fully saturated rings. The van der Waals surface area contributed by atoms with Gasteiger partial charge in [-0.1, -0.05) is 71.9 Å². The van der Waals surface area contributed by atoms with E-state index >= 15 is 0 Å². The molecule has 190 valence electrons. The van der Waals surface area contributed by atoms with Gasteiger partial charge in [0.2, 0.25) is 0 Å². The van der Waals surface area contributed by atoms with Gasteiger partial charge in [0.25, 0.3) is 8.32 Å². The fourth-order valence-electron chi connectivity index (χ4n) is 5.92. The Labute approximate surface area is 212 Å². The summed E-state index contributed by atoms with van der Waals surface area (Å²) in [6.45, 7) is 18.1. The molecule has 0 saturated carbocycles. The molecule has 1 atom stereocenters. The van der Waals surface area contributed by atoms with Crippen LogP contribution in [0, 0.1) is 13.8 Å². The van der Waals surface area contributed by atoms with Crippen molar-refractivity contribution in [3.8, 4) is 11.5 Å². The third-order valence-electron chi connectivity index (χ3n) is 7.39. The van der Waals surface area contributed by atoms with E-state index in [9.17, 15) is 5.11 Å². The van der Waals surface area contributed by atoms with Gasteiger partial charge in [0.05, 0.1) is 0 Å². The van der Waals surface area contributed by atoms with Crippen LogP contribution in [0.1, 0.15) is 69.9 Å². The van der Waals surface area contributed by atoms with Crippen molar-refractivity contribution in [3.63, 3.8) is 0 Å². The Balaban J connectivity index is 2.04. The van der Waals surface area contributed by atoms with E-state index in [0.717, 1.165) is 44.5 Å². The monoisotopic (exact) mass is 494 g/mol. The second-order valence-electron chi connectivity index (χ2n) is 10.5. The van der Waals surface area contributed by atoms with Gasteiger partial charge in [-0.3, -0.25) is 0 Å². The number of rotatable bonds is 10. The van der Waals surface area contributed by atoms with Crippen molar-refractivity contribution in [2.75, 3.05) is 13.9 Å². The third-order valence-corrected chi connectivity index (χ3v) is 13.4. The van der Waals surface area contributed by atoms with Crippen molar-refractivity contribution >= 4 is 19.1 Å². The second kappa shape index (κ2) is 11.1. The summed E-state index contributed by atoms with van der Waals surface area (Å²) in [5, 5.41) is 13.5. The van der Waals surface area contributed by atoms with E-state index in [1.54, 1.807) is 7.11 Å². The number of hydrogen-bond donors (Lipinski definition) is 1. The van der Waals surface area contributed by atoms with E-state index < -0.39 is 14.4 Å². The van der Waals surface area contributed by atoms with Crippen molar-refractivity contribution in [2.24, 2.45) is 0 Å². The number of methoxy groups -OCH3 is 1. The second-order valence-corrected chi connectivity index (χ2v) is 15.9. The topological polar surface area (TPSA) is 47.9 Å². The highest BCUT2D eigenvalue weighted by Crippen LogP contribution is 2.44. The van der Waals surface area contributed by atoms with E-state index in [1.165, 1.54) is 0 Å². The molecule has 0 radical (unpaired) electrons. The summed E-state index contributed by atoms with van der Waals surface area (Å²) in [5.41, 5.74) is 5.36. The van der Waals surface area contributed by atoms with Crippen molar-refractivity contribution < 1.29 is 19.0 Å². The van der Waals surface area contributed by atoms with Gasteiger partial charge in [0.1, 0.15) is 17.6 Å². The molecule has 1 unspecified atom stereocenters. The minimum Gasteiger partial charge on any atom is -0.543 e. The van der Waals surface area contributed by atoms with Crippen LogP contribution in [0.3, 0.4) is 0 Å². The first-order valence-corrected chi connectivity index (χ1v) is 14.8. The van der Waals surface area contributed by atoms with Crippen LogP contribution >= 0.6 is 0 Å². The van der Waals surface area contributed by atoms with Crippen molar-refractivity contribution in [1.82, 2.24) is 0 Å². The zero-order valence-electron chi connectivity index (χ0n) is 22.8. The first kappa shape index (κ1) is 27.2. The first-order chi connectivity index (χ1) is 16.5. The summed E-state index contributed by atoms with van der Waals surface area (Å²) < 4.78 is 17.8. The Kier molecular flexibility index (Phi) is 8.68. The third kappa shape index (κ3) is 5.27.